The van der Waals surface area contributed by atoms with Crippen molar-refractivity contribution < 1.29 is 5.11 Å². The van der Waals surface area contributed by atoms with E-state index in [1.807, 2.05) is 25.1 Å². The summed E-state index contributed by atoms with van der Waals surface area (Å²) in [6, 6.07) is 6.04. The SMILES string of the molecule is Cc1ccc(C(C)NN2CCCCC2)c(O)c1. The van der Waals surface area contributed by atoms with Gasteiger partial charge in [-0.2, -0.15) is 0 Å². The molecule has 1 fully saturated rings. The number of rotatable bonds is 3. The Morgan fingerprint density at radius 2 is 1.94 bits per heavy atom. The monoisotopic (exact) mass is 234 g/mol. The van der Waals surface area contributed by atoms with E-state index in [1.165, 1.54) is 19.3 Å². The Bertz CT molecular complexity index is 372. The molecule has 0 saturated carbocycles. The van der Waals surface area contributed by atoms with Gasteiger partial charge in [0.1, 0.15) is 5.75 Å². The Morgan fingerprint density at radius 3 is 2.59 bits per heavy atom. The van der Waals surface area contributed by atoms with Crippen molar-refractivity contribution in [3.8, 4) is 5.75 Å². The number of phenolic OH excluding ortho intramolecular Hbond substituents is 1. The first-order valence-electron chi connectivity index (χ1n) is 6.47. The van der Waals surface area contributed by atoms with Gasteiger partial charge in [0.2, 0.25) is 0 Å². The van der Waals surface area contributed by atoms with Crippen LogP contribution >= 0.6 is 0 Å². The van der Waals surface area contributed by atoms with Gasteiger partial charge in [-0.3, -0.25) is 0 Å². The lowest BCUT2D eigenvalue weighted by Gasteiger charge is -2.30. The van der Waals surface area contributed by atoms with Crippen LogP contribution in [-0.4, -0.2) is 23.2 Å². The zero-order chi connectivity index (χ0) is 12.3. The van der Waals surface area contributed by atoms with E-state index in [0.717, 1.165) is 24.2 Å². The molecular formula is C14H22N2O. The summed E-state index contributed by atoms with van der Waals surface area (Å²) in [6.07, 6.45) is 3.86. The van der Waals surface area contributed by atoms with E-state index in [-0.39, 0.29) is 6.04 Å². The van der Waals surface area contributed by atoms with Gasteiger partial charge in [0, 0.05) is 24.7 Å². The van der Waals surface area contributed by atoms with Crippen LogP contribution in [-0.2, 0) is 0 Å². The third-order valence-electron chi connectivity index (χ3n) is 3.38. The molecule has 0 amide bonds. The van der Waals surface area contributed by atoms with Gasteiger partial charge in [-0.1, -0.05) is 18.6 Å². The number of nitrogens with zero attached hydrogens (tertiary/aromatic N) is 1. The molecule has 3 nitrogen and oxygen atoms in total. The van der Waals surface area contributed by atoms with Gasteiger partial charge in [0.15, 0.2) is 0 Å². The molecule has 2 rings (SSSR count). The fourth-order valence-corrected chi connectivity index (χ4v) is 2.39. The molecule has 1 aliphatic heterocycles. The van der Waals surface area contributed by atoms with Gasteiger partial charge in [0.05, 0.1) is 0 Å². The van der Waals surface area contributed by atoms with Crippen LogP contribution in [0.3, 0.4) is 0 Å². The molecule has 0 radical (unpaired) electrons. The number of hydrogen-bond acceptors (Lipinski definition) is 3. The second-order valence-electron chi connectivity index (χ2n) is 4.96. The minimum atomic E-state index is 0.161. The molecule has 0 aliphatic carbocycles. The molecule has 3 heteroatoms. The quantitative estimate of drug-likeness (QED) is 0.844. The molecule has 1 aliphatic rings. The Kier molecular flexibility index (Phi) is 4.02. The molecule has 0 bridgehead atoms. The highest BCUT2D eigenvalue weighted by Crippen LogP contribution is 2.25. The maximum Gasteiger partial charge on any atom is 0.120 e. The highest BCUT2D eigenvalue weighted by Gasteiger charge is 2.15. The summed E-state index contributed by atoms with van der Waals surface area (Å²) in [5.41, 5.74) is 5.54. The lowest BCUT2D eigenvalue weighted by atomic mass is 10.1. The van der Waals surface area contributed by atoms with E-state index in [2.05, 4.69) is 17.4 Å². The highest BCUT2D eigenvalue weighted by molar-refractivity contribution is 5.37. The molecule has 0 aromatic heterocycles. The Labute approximate surface area is 103 Å². The van der Waals surface area contributed by atoms with Gasteiger partial charge in [-0.25, -0.2) is 10.4 Å². The van der Waals surface area contributed by atoms with Crippen molar-refractivity contribution in [2.45, 2.75) is 39.2 Å². The number of benzene rings is 1. The minimum Gasteiger partial charge on any atom is -0.508 e. The van der Waals surface area contributed by atoms with Crippen molar-refractivity contribution in [1.29, 1.82) is 0 Å². The summed E-state index contributed by atoms with van der Waals surface area (Å²) in [7, 11) is 0. The molecule has 1 aromatic carbocycles. The highest BCUT2D eigenvalue weighted by atomic mass is 16.3. The number of piperidine rings is 1. The summed E-state index contributed by atoms with van der Waals surface area (Å²) in [6.45, 7) is 6.30. The van der Waals surface area contributed by atoms with Crippen LogP contribution < -0.4 is 5.43 Å². The van der Waals surface area contributed by atoms with E-state index in [1.54, 1.807) is 0 Å². The molecule has 1 unspecified atom stereocenters. The van der Waals surface area contributed by atoms with Crippen LogP contribution in [0, 0.1) is 6.92 Å². The number of hydrogen-bond donors (Lipinski definition) is 2. The number of phenols is 1. The third-order valence-corrected chi connectivity index (χ3v) is 3.38. The fourth-order valence-electron chi connectivity index (χ4n) is 2.39. The zero-order valence-corrected chi connectivity index (χ0v) is 10.7. The topological polar surface area (TPSA) is 35.5 Å². The standard InChI is InChI=1S/C14H22N2O/c1-11-6-7-13(14(17)10-11)12(2)15-16-8-4-3-5-9-16/h6-7,10,12,15,17H,3-5,8-9H2,1-2H3. The molecule has 1 atom stereocenters. The largest absolute Gasteiger partial charge is 0.508 e. The predicted octanol–water partition coefficient (Wildman–Crippen LogP) is 2.75. The van der Waals surface area contributed by atoms with Crippen molar-refractivity contribution in [2.75, 3.05) is 13.1 Å². The minimum absolute atomic E-state index is 0.161. The molecule has 1 heterocycles. The maximum atomic E-state index is 9.93. The summed E-state index contributed by atoms with van der Waals surface area (Å²) >= 11 is 0. The van der Waals surface area contributed by atoms with Crippen LogP contribution in [0.1, 0.15) is 43.4 Å². The fraction of sp³-hybridized carbons (Fsp3) is 0.571. The number of aromatic hydroxyl groups is 1. The summed E-state index contributed by atoms with van der Waals surface area (Å²) in [4.78, 5) is 0. The van der Waals surface area contributed by atoms with E-state index in [0.29, 0.717) is 5.75 Å². The number of aryl methyl sites for hydroxylation is 1. The maximum absolute atomic E-state index is 9.93. The first-order chi connectivity index (χ1) is 8.16. The van der Waals surface area contributed by atoms with Gasteiger partial charge in [-0.15, -0.1) is 0 Å². The summed E-state index contributed by atoms with van der Waals surface area (Å²) < 4.78 is 0. The van der Waals surface area contributed by atoms with Gasteiger partial charge >= 0.3 is 0 Å². The lowest BCUT2D eigenvalue weighted by molar-refractivity contribution is 0.132. The van der Waals surface area contributed by atoms with Crippen molar-refractivity contribution in [3.05, 3.63) is 29.3 Å². The average molecular weight is 234 g/mol. The summed E-state index contributed by atoms with van der Waals surface area (Å²) in [5.74, 6) is 0.391. The van der Waals surface area contributed by atoms with Crippen molar-refractivity contribution in [2.24, 2.45) is 0 Å². The summed E-state index contributed by atoms with van der Waals surface area (Å²) in [5, 5.41) is 12.2. The van der Waals surface area contributed by atoms with Gasteiger partial charge in [0.25, 0.3) is 0 Å². The second kappa shape index (κ2) is 5.52. The average Bonchev–Trinajstić information content (AvgIpc) is 2.30. The number of hydrazine groups is 1. The predicted molar refractivity (Wildman–Crippen MR) is 69.8 cm³/mol. The van der Waals surface area contributed by atoms with Crippen molar-refractivity contribution >= 4 is 0 Å². The van der Waals surface area contributed by atoms with Crippen molar-refractivity contribution in [3.63, 3.8) is 0 Å². The Hall–Kier alpha value is -1.06. The second-order valence-corrected chi connectivity index (χ2v) is 4.96. The van der Waals surface area contributed by atoms with Gasteiger partial charge < -0.3 is 5.11 Å². The van der Waals surface area contributed by atoms with Crippen LogP contribution in [0.2, 0.25) is 0 Å². The molecule has 0 spiro atoms. The van der Waals surface area contributed by atoms with E-state index < -0.39 is 0 Å². The molecule has 1 saturated heterocycles. The smallest absolute Gasteiger partial charge is 0.120 e. The van der Waals surface area contributed by atoms with E-state index in [4.69, 9.17) is 0 Å². The van der Waals surface area contributed by atoms with E-state index >= 15 is 0 Å². The molecular weight excluding hydrogens is 212 g/mol. The van der Waals surface area contributed by atoms with E-state index in [9.17, 15) is 5.11 Å². The normalized spacial score (nSPS) is 19.2. The van der Waals surface area contributed by atoms with Crippen molar-refractivity contribution in [1.82, 2.24) is 10.4 Å². The molecule has 2 N–H and O–H groups in total. The van der Waals surface area contributed by atoms with Crippen LogP contribution in [0.5, 0.6) is 5.75 Å². The third kappa shape index (κ3) is 3.20. The number of nitrogens with one attached hydrogen (secondary N) is 1. The molecule has 1 aromatic rings. The lowest BCUT2D eigenvalue weighted by Crippen LogP contribution is -2.42. The van der Waals surface area contributed by atoms with Gasteiger partial charge in [-0.05, 0) is 38.3 Å². The van der Waals surface area contributed by atoms with Crippen LogP contribution in [0.15, 0.2) is 18.2 Å². The Balaban J connectivity index is 2.00. The molecule has 17 heavy (non-hydrogen) atoms. The molecule has 94 valence electrons. The first kappa shape index (κ1) is 12.4. The zero-order valence-electron chi connectivity index (χ0n) is 10.7. The van der Waals surface area contributed by atoms with Crippen LogP contribution in [0.4, 0.5) is 0 Å². The Morgan fingerprint density at radius 1 is 1.24 bits per heavy atom. The first-order valence-corrected chi connectivity index (χ1v) is 6.47. The van der Waals surface area contributed by atoms with Crippen LogP contribution in [0.25, 0.3) is 0 Å².